The van der Waals surface area contributed by atoms with E-state index in [1.807, 2.05) is 42.5 Å². The van der Waals surface area contributed by atoms with Crippen molar-refractivity contribution >= 4 is 32.6 Å². The van der Waals surface area contributed by atoms with Crippen molar-refractivity contribution in [3.8, 4) is 0 Å². The van der Waals surface area contributed by atoms with Crippen molar-refractivity contribution in [1.82, 2.24) is 9.88 Å². The smallest absolute Gasteiger partial charge is 0.257 e. The number of hydrogen-bond donors (Lipinski definition) is 1. The third kappa shape index (κ3) is 3.32. The average Bonchev–Trinajstić information content (AvgIpc) is 3.24. The van der Waals surface area contributed by atoms with Crippen molar-refractivity contribution in [1.29, 1.82) is 0 Å². The van der Waals surface area contributed by atoms with E-state index in [0.29, 0.717) is 10.7 Å². The van der Waals surface area contributed by atoms with Crippen LogP contribution in [0.15, 0.2) is 48.5 Å². The minimum absolute atomic E-state index is 0.0997. The Balaban J connectivity index is 1.49. The zero-order valence-corrected chi connectivity index (χ0v) is 14.2. The molecule has 1 aliphatic heterocycles. The SMILES string of the molecule is O=C(Nc1nc2ccccc2s1)c1cccc(CN2CCCC2)c1. The number of fused-ring (bicyclic) bond motifs is 1. The number of benzene rings is 2. The van der Waals surface area contributed by atoms with E-state index in [1.54, 1.807) is 0 Å². The van der Waals surface area contributed by atoms with Crippen LogP contribution in [0.4, 0.5) is 5.13 Å². The van der Waals surface area contributed by atoms with E-state index in [2.05, 4.69) is 21.3 Å². The number of aromatic nitrogens is 1. The average molecular weight is 337 g/mol. The van der Waals surface area contributed by atoms with Crippen LogP contribution in [0.25, 0.3) is 10.2 Å². The predicted octanol–water partition coefficient (Wildman–Crippen LogP) is 4.14. The molecule has 2 heterocycles. The largest absolute Gasteiger partial charge is 0.299 e. The summed E-state index contributed by atoms with van der Waals surface area (Å²) in [7, 11) is 0. The summed E-state index contributed by atoms with van der Waals surface area (Å²) in [5.74, 6) is -0.0997. The quantitative estimate of drug-likeness (QED) is 0.778. The number of nitrogens with zero attached hydrogens (tertiary/aromatic N) is 2. The Morgan fingerprint density at radius 2 is 1.96 bits per heavy atom. The van der Waals surface area contributed by atoms with Crippen LogP contribution in [0, 0.1) is 0 Å². The highest BCUT2D eigenvalue weighted by atomic mass is 32.1. The summed E-state index contributed by atoms with van der Waals surface area (Å²) in [5.41, 5.74) is 2.79. The van der Waals surface area contributed by atoms with Crippen molar-refractivity contribution in [2.75, 3.05) is 18.4 Å². The number of anilines is 1. The lowest BCUT2D eigenvalue weighted by Gasteiger charge is -2.14. The molecule has 1 saturated heterocycles. The lowest BCUT2D eigenvalue weighted by Crippen LogP contribution is -2.19. The van der Waals surface area contributed by atoms with E-state index in [-0.39, 0.29) is 5.91 Å². The first-order valence-electron chi connectivity index (χ1n) is 8.26. The molecule has 1 N–H and O–H groups in total. The molecule has 3 aromatic rings. The summed E-state index contributed by atoms with van der Waals surface area (Å²) in [6.45, 7) is 3.23. The Hall–Kier alpha value is -2.24. The van der Waals surface area contributed by atoms with Crippen LogP contribution < -0.4 is 5.32 Å². The van der Waals surface area contributed by atoms with Crippen LogP contribution in [-0.2, 0) is 6.54 Å². The van der Waals surface area contributed by atoms with Crippen LogP contribution >= 0.6 is 11.3 Å². The first-order valence-corrected chi connectivity index (χ1v) is 9.08. The van der Waals surface area contributed by atoms with Gasteiger partial charge in [0.2, 0.25) is 0 Å². The number of amides is 1. The molecule has 0 aliphatic carbocycles. The van der Waals surface area contributed by atoms with Gasteiger partial charge >= 0.3 is 0 Å². The number of para-hydroxylation sites is 1. The summed E-state index contributed by atoms with van der Waals surface area (Å²) in [6, 6.07) is 15.8. The monoisotopic (exact) mass is 337 g/mol. The molecule has 0 bridgehead atoms. The highest BCUT2D eigenvalue weighted by molar-refractivity contribution is 7.22. The molecule has 122 valence electrons. The molecule has 2 aromatic carbocycles. The lowest BCUT2D eigenvalue weighted by molar-refractivity contribution is 0.102. The number of carbonyl (C=O) groups is 1. The topological polar surface area (TPSA) is 45.2 Å². The first-order chi connectivity index (χ1) is 11.8. The molecule has 0 unspecified atom stereocenters. The fraction of sp³-hybridized carbons (Fsp3) is 0.263. The second-order valence-electron chi connectivity index (χ2n) is 6.12. The minimum atomic E-state index is -0.0997. The summed E-state index contributed by atoms with van der Waals surface area (Å²) >= 11 is 1.50. The van der Waals surface area contributed by atoms with Crippen LogP contribution in [0.3, 0.4) is 0 Å². The van der Waals surface area contributed by atoms with Gasteiger partial charge in [-0.05, 0) is 55.8 Å². The van der Waals surface area contributed by atoms with E-state index >= 15 is 0 Å². The molecule has 4 nitrogen and oxygen atoms in total. The number of thiazole rings is 1. The molecule has 0 atom stereocenters. The fourth-order valence-electron chi connectivity index (χ4n) is 3.10. The van der Waals surface area contributed by atoms with Crippen LogP contribution in [0.5, 0.6) is 0 Å². The minimum Gasteiger partial charge on any atom is -0.299 e. The molecule has 1 fully saturated rings. The molecule has 5 heteroatoms. The Kier molecular flexibility index (Phi) is 4.28. The lowest BCUT2D eigenvalue weighted by atomic mass is 10.1. The van der Waals surface area contributed by atoms with Gasteiger partial charge in [-0.1, -0.05) is 35.6 Å². The van der Waals surface area contributed by atoms with E-state index in [9.17, 15) is 4.79 Å². The maximum absolute atomic E-state index is 12.5. The van der Waals surface area contributed by atoms with Crippen LogP contribution in [0.1, 0.15) is 28.8 Å². The van der Waals surface area contributed by atoms with Gasteiger partial charge in [0, 0.05) is 12.1 Å². The predicted molar refractivity (Wildman–Crippen MR) is 98.5 cm³/mol. The van der Waals surface area contributed by atoms with Crippen molar-refractivity contribution in [2.45, 2.75) is 19.4 Å². The molecule has 0 radical (unpaired) electrons. The Morgan fingerprint density at radius 1 is 1.12 bits per heavy atom. The van der Waals surface area contributed by atoms with E-state index in [1.165, 1.54) is 29.7 Å². The Labute approximate surface area is 145 Å². The highest BCUT2D eigenvalue weighted by Crippen LogP contribution is 2.25. The molecule has 1 amide bonds. The van der Waals surface area contributed by atoms with Gasteiger partial charge in [0.25, 0.3) is 5.91 Å². The second kappa shape index (κ2) is 6.71. The van der Waals surface area contributed by atoms with Gasteiger partial charge in [-0.25, -0.2) is 4.98 Å². The number of likely N-dealkylation sites (tertiary alicyclic amines) is 1. The maximum Gasteiger partial charge on any atom is 0.257 e. The zero-order valence-electron chi connectivity index (χ0n) is 13.4. The van der Waals surface area contributed by atoms with Gasteiger partial charge < -0.3 is 0 Å². The second-order valence-corrected chi connectivity index (χ2v) is 7.16. The molecule has 24 heavy (non-hydrogen) atoms. The highest BCUT2D eigenvalue weighted by Gasteiger charge is 2.14. The molecule has 4 rings (SSSR count). The van der Waals surface area contributed by atoms with Gasteiger partial charge in [-0.3, -0.25) is 15.0 Å². The Morgan fingerprint density at radius 3 is 2.79 bits per heavy atom. The normalized spacial score (nSPS) is 15.0. The van der Waals surface area contributed by atoms with Gasteiger partial charge in [-0.15, -0.1) is 0 Å². The third-order valence-corrected chi connectivity index (χ3v) is 5.26. The standard InChI is InChI=1S/C19H19N3OS/c23-18(21-19-20-16-8-1-2-9-17(16)24-19)15-7-5-6-14(12-15)13-22-10-3-4-11-22/h1-2,5-9,12H,3-4,10-11,13H2,(H,20,21,23). The number of hydrogen-bond acceptors (Lipinski definition) is 4. The van der Waals surface area contributed by atoms with Gasteiger partial charge in [0.1, 0.15) is 0 Å². The molecular weight excluding hydrogens is 318 g/mol. The van der Waals surface area contributed by atoms with E-state index in [0.717, 1.165) is 29.9 Å². The zero-order chi connectivity index (χ0) is 16.4. The Bertz CT molecular complexity index is 835. The third-order valence-electron chi connectivity index (χ3n) is 4.31. The number of nitrogens with one attached hydrogen (secondary N) is 1. The molecular formula is C19H19N3OS. The van der Waals surface area contributed by atoms with Crippen molar-refractivity contribution < 1.29 is 4.79 Å². The number of rotatable bonds is 4. The van der Waals surface area contributed by atoms with Crippen LogP contribution in [0.2, 0.25) is 0 Å². The van der Waals surface area contributed by atoms with Crippen LogP contribution in [-0.4, -0.2) is 28.9 Å². The molecule has 1 aliphatic rings. The first kappa shape index (κ1) is 15.3. The van der Waals surface area contributed by atoms with E-state index in [4.69, 9.17) is 0 Å². The van der Waals surface area contributed by atoms with Crippen molar-refractivity contribution in [2.24, 2.45) is 0 Å². The van der Waals surface area contributed by atoms with E-state index < -0.39 is 0 Å². The van der Waals surface area contributed by atoms with Crippen molar-refractivity contribution in [3.05, 3.63) is 59.7 Å². The summed E-state index contributed by atoms with van der Waals surface area (Å²) in [4.78, 5) is 19.4. The summed E-state index contributed by atoms with van der Waals surface area (Å²) in [6.07, 6.45) is 2.55. The summed E-state index contributed by atoms with van der Waals surface area (Å²) < 4.78 is 1.08. The van der Waals surface area contributed by atoms with Gasteiger partial charge in [-0.2, -0.15) is 0 Å². The van der Waals surface area contributed by atoms with Crippen molar-refractivity contribution in [3.63, 3.8) is 0 Å². The molecule has 1 aromatic heterocycles. The fourth-order valence-corrected chi connectivity index (χ4v) is 3.97. The van der Waals surface area contributed by atoms with Gasteiger partial charge in [0.05, 0.1) is 10.2 Å². The number of carbonyl (C=O) groups excluding carboxylic acids is 1. The summed E-state index contributed by atoms with van der Waals surface area (Å²) in [5, 5.41) is 3.57. The molecule has 0 saturated carbocycles. The van der Waals surface area contributed by atoms with Gasteiger partial charge in [0.15, 0.2) is 5.13 Å². The maximum atomic E-state index is 12.5. The molecule has 0 spiro atoms.